The van der Waals surface area contributed by atoms with Crippen molar-refractivity contribution in [3.05, 3.63) is 21.9 Å². The summed E-state index contributed by atoms with van der Waals surface area (Å²) in [6.07, 6.45) is 1.91. The molecule has 0 radical (unpaired) electrons. The predicted molar refractivity (Wildman–Crippen MR) is 57.3 cm³/mol. The number of thiophene rings is 1. The number of aldehydes is 1. The molecule has 1 rings (SSSR count). The molecule has 0 fully saturated rings. The molecule has 0 aliphatic carbocycles. The van der Waals surface area contributed by atoms with Gasteiger partial charge in [-0.25, -0.2) is 0 Å². The second-order valence-corrected chi connectivity index (χ2v) is 4.98. The summed E-state index contributed by atoms with van der Waals surface area (Å²) in [7, 11) is 0. The van der Waals surface area contributed by atoms with Crippen molar-refractivity contribution in [3.63, 3.8) is 0 Å². The van der Waals surface area contributed by atoms with E-state index in [1.54, 1.807) is 0 Å². The zero-order chi connectivity index (χ0) is 9.84. The molecule has 2 heteroatoms. The third-order valence-corrected chi connectivity index (χ3v) is 3.42. The van der Waals surface area contributed by atoms with Crippen LogP contribution in [0.5, 0.6) is 0 Å². The Morgan fingerprint density at radius 1 is 1.38 bits per heavy atom. The quantitative estimate of drug-likeness (QED) is 0.676. The molecule has 0 aliphatic heterocycles. The fourth-order valence-corrected chi connectivity index (χ4v) is 2.34. The summed E-state index contributed by atoms with van der Waals surface area (Å²) in [6, 6.07) is 4.31. The molecule has 13 heavy (non-hydrogen) atoms. The Balaban J connectivity index is 2.63. The van der Waals surface area contributed by atoms with Crippen molar-refractivity contribution in [3.8, 4) is 0 Å². The minimum absolute atomic E-state index is 0.152. The van der Waals surface area contributed by atoms with Crippen LogP contribution in [0.15, 0.2) is 12.1 Å². The Hall–Kier alpha value is -0.630. The predicted octanol–water partition coefficient (Wildman–Crippen LogP) is 3.25. The molecule has 0 saturated carbocycles. The molecule has 0 saturated heterocycles. The molecule has 0 N–H and O–H groups in total. The minimum atomic E-state index is 0.152. The highest BCUT2D eigenvalue weighted by Crippen LogP contribution is 2.25. The van der Waals surface area contributed by atoms with Crippen molar-refractivity contribution in [2.45, 2.75) is 33.1 Å². The van der Waals surface area contributed by atoms with Crippen LogP contribution in [0.2, 0.25) is 0 Å². The number of hydrogen-bond donors (Lipinski definition) is 0. The summed E-state index contributed by atoms with van der Waals surface area (Å²) in [4.78, 5) is 13.2. The van der Waals surface area contributed by atoms with Crippen LogP contribution in [0.1, 0.15) is 36.4 Å². The zero-order valence-corrected chi connectivity index (χ0v) is 9.23. The van der Waals surface area contributed by atoms with Gasteiger partial charge in [-0.1, -0.05) is 20.8 Å². The molecule has 1 aromatic rings. The van der Waals surface area contributed by atoms with Crippen molar-refractivity contribution in [1.82, 2.24) is 0 Å². The van der Waals surface area contributed by atoms with E-state index in [9.17, 15) is 4.79 Å². The first-order valence-electron chi connectivity index (χ1n) is 4.67. The SMILES string of the molecule is CC(C=O)Cc1ccc(C(C)C)s1. The molecule has 0 aliphatic rings. The summed E-state index contributed by atoms with van der Waals surface area (Å²) >= 11 is 1.83. The van der Waals surface area contributed by atoms with Gasteiger partial charge in [0.15, 0.2) is 0 Å². The second kappa shape index (κ2) is 4.56. The van der Waals surface area contributed by atoms with Gasteiger partial charge in [-0.3, -0.25) is 0 Å². The van der Waals surface area contributed by atoms with Crippen LogP contribution in [0.4, 0.5) is 0 Å². The van der Waals surface area contributed by atoms with E-state index in [4.69, 9.17) is 0 Å². The summed E-state index contributed by atoms with van der Waals surface area (Å²) < 4.78 is 0. The lowest BCUT2D eigenvalue weighted by atomic mass is 10.1. The number of rotatable bonds is 4. The summed E-state index contributed by atoms with van der Waals surface area (Å²) in [6.45, 7) is 6.35. The zero-order valence-electron chi connectivity index (χ0n) is 8.41. The van der Waals surface area contributed by atoms with E-state index in [0.717, 1.165) is 12.7 Å². The normalized spacial score (nSPS) is 13.2. The summed E-state index contributed by atoms with van der Waals surface area (Å²) in [5.41, 5.74) is 0. The van der Waals surface area contributed by atoms with Crippen molar-refractivity contribution >= 4 is 17.6 Å². The third kappa shape index (κ3) is 2.96. The van der Waals surface area contributed by atoms with Gasteiger partial charge < -0.3 is 4.79 Å². The van der Waals surface area contributed by atoms with E-state index in [1.807, 2.05) is 18.3 Å². The lowest BCUT2D eigenvalue weighted by Gasteiger charge is -2.00. The number of hydrogen-bond acceptors (Lipinski definition) is 2. The van der Waals surface area contributed by atoms with Gasteiger partial charge in [0.25, 0.3) is 0 Å². The highest BCUT2D eigenvalue weighted by Gasteiger charge is 2.06. The Kier molecular flexibility index (Phi) is 3.67. The van der Waals surface area contributed by atoms with E-state index >= 15 is 0 Å². The molecular weight excluding hydrogens is 180 g/mol. The first kappa shape index (κ1) is 10.5. The lowest BCUT2D eigenvalue weighted by molar-refractivity contribution is -0.110. The van der Waals surface area contributed by atoms with Crippen molar-refractivity contribution < 1.29 is 4.79 Å². The van der Waals surface area contributed by atoms with E-state index in [-0.39, 0.29) is 5.92 Å². The van der Waals surface area contributed by atoms with Crippen LogP contribution in [0, 0.1) is 5.92 Å². The Morgan fingerprint density at radius 2 is 2.08 bits per heavy atom. The van der Waals surface area contributed by atoms with Crippen LogP contribution in [0.3, 0.4) is 0 Å². The van der Waals surface area contributed by atoms with Crippen LogP contribution in [-0.4, -0.2) is 6.29 Å². The van der Waals surface area contributed by atoms with Crippen LogP contribution in [0.25, 0.3) is 0 Å². The Labute approximate surface area is 83.8 Å². The maximum absolute atomic E-state index is 10.5. The third-order valence-electron chi connectivity index (χ3n) is 2.01. The van der Waals surface area contributed by atoms with Gasteiger partial charge in [0.2, 0.25) is 0 Å². The van der Waals surface area contributed by atoms with Crippen LogP contribution in [-0.2, 0) is 11.2 Å². The smallest absolute Gasteiger partial charge is 0.123 e. The number of carbonyl (C=O) groups excluding carboxylic acids is 1. The molecular formula is C11H16OS. The molecule has 0 bridgehead atoms. The van der Waals surface area contributed by atoms with Crippen molar-refractivity contribution in [2.75, 3.05) is 0 Å². The Morgan fingerprint density at radius 3 is 2.54 bits per heavy atom. The molecule has 0 amide bonds. The largest absolute Gasteiger partial charge is 0.303 e. The highest BCUT2D eigenvalue weighted by atomic mass is 32.1. The molecule has 1 nitrogen and oxygen atoms in total. The summed E-state index contributed by atoms with van der Waals surface area (Å²) in [5.74, 6) is 0.754. The standard InChI is InChI=1S/C11H16OS/c1-8(2)11-5-4-10(13-11)6-9(3)7-12/h4-5,7-9H,6H2,1-3H3. The van der Waals surface area contributed by atoms with E-state index in [2.05, 4.69) is 26.0 Å². The van der Waals surface area contributed by atoms with Gasteiger partial charge in [0.1, 0.15) is 6.29 Å². The molecule has 72 valence electrons. The van der Waals surface area contributed by atoms with Crippen molar-refractivity contribution in [1.29, 1.82) is 0 Å². The number of carbonyl (C=O) groups is 1. The average molecular weight is 196 g/mol. The van der Waals surface area contributed by atoms with Gasteiger partial charge in [-0.05, 0) is 24.5 Å². The van der Waals surface area contributed by atoms with Crippen LogP contribution < -0.4 is 0 Å². The fourth-order valence-electron chi connectivity index (χ4n) is 1.18. The average Bonchev–Trinajstić information content (AvgIpc) is 2.52. The molecule has 1 aromatic heterocycles. The van der Waals surface area contributed by atoms with E-state index in [1.165, 1.54) is 9.75 Å². The van der Waals surface area contributed by atoms with Gasteiger partial charge in [0.05, 0.1) is 0 Å². The van der Waals surface area contributed by atoms with E-state index < -0.39 is 0 Å². The summed E-state index contributed by atoms with van der Waals surface area (Å²) in [5, 5.41) is 0. The first-order chi connectivity index (χ1) is 6.13. The molecule has 1 unspecified atom stereocenters. The van der Waals surface area contributed by atoms with Gasteiger partial charge in [-0.2, -0.15) is 0 Å². The monoisotopic (exact) mass is 196 g/mol. The Bertz CT molecular complexity index is 275. The van der Waals surface area contributed by atoms with E-state index in [0.29, 0.717) is 5.92 Å². The first-order valence-corrected chi connectivity index (χ1v) is 5.49. The molecule has 1 atom stereocenters. The lowest BCUT2D eigenvalue weighted by Crippen LogP contribution is -1.98. The molecule has 0 aromatic carbocycles. The van der Waals surface area contributed by atoms with Gasteiger partial charge in [-0.15, -0.1) is 11.3 Å². The minimum Gasteiger partial charge on any atom is -0.303 e. The maximum atomic E-state index is 10.5. The van der Waals surface area contributed by atoms with Gasteiger partial charge >= 0.3 is 0 Å². The van der Waals surface area contributed by atoms with Gasteiger partial charge in [0, 0.05) is 15.7 Å². The fraction of sp³-hybridized carbons (Fsp3) is 0.545. The molecule has 0 spiro atoms. The topological polar surface area (TPSA) is 17.1 Å². The van der Waals surface area contributed by atoms with Crippen LogP contribution >= 0.6 is 11.3 Å². The maximum Gasteiger partial charge on any atom is 0.123 e. The second-order valence-electron chi connectivity index (χ2n) is 3.78. The van der Waals surface area contributed by atoms with Crippen molar-refractivity contribution in [2.24, 2.45) is 5.92 Å². The highest BCUT2D eigenvalue weighted by molar-refractivity contribution is 7.12. The molecule has 1 heterocycles.